The first kappa shape index (κ1) is 21.7. The van der Waals surface area contributed by atoms with Crippen molar-refractivity contribution < 1.29 is 18.0 Å². The molecule has 0 saturated heterocycles. The molecule has 0 aliphatic heterocycles. The highest BCUT2D eigenvalue weighted by Crippen LogP contribution is 2.32. The van der Waals surface area contributed by atoms with Gasteiger partial charge in [-0.05, 0) is 41.8 Å². The van der Waals surface area contributed by atoms with Gasteiger partial charge in [0.1, 0.15) is 5.03 Å². The number of hydrogen-bond donors (Lipinski definition) is 1. The van der Waals surface area contributed by atoms with Crippen molar-refractivity contribution in [1.29, 1.82) is 0 Å². The quantitative estimate of drug-likeness (QED) is 0.336. The molecular weight excluding hydrogens is 437 g/mol. The predicted octanol–water partition coefficient (Wildman–Crippen LogP) is 5.98. The molecular formula is C20H17F3N2OS3. The van der Waals surface area contributed by atoms with Gasteiger partial charge in [0, 0.05) is 27.5 Å². The van der Waals surface area contributed by atoms with E-state index < -0.39 is 11.7 Å². The Morgan fingerprint density at radius 2 is 1.90 bits per heavy atom. The van der Waals surface area contributed by atoms with Gasteiger partial charge in [-0.25, -0.2) is 4.98 Å². The molecule has 3 nitrogen and oxygen atoms in total. The number of alkyl halides is 3. The van der Waals surface area contributed by atoms with Crippen LogP contribution >= 0.6 is 34.9 Å². The van der Waals surface area contributed by atoms with Gasteiger partial charge in [0.05, 0.1) is 17.7 Å². The monoisotopic (exact) mass is 454 g/mol. The summed E-state index contributed by atoms with van der Waals surface area (Å²) in [4.78, 5) is 18.4. The number of rotatable bonds is 8. The Morgan fingerprint density at radius 3 is 2.66 bits per heavy atom. The Labute approximate surface area is 179 Å². The summed E-state index contributed by atoms with van der Waals surface area (Å²) in [5, 5.41) is 5.45. The molecule has 0 aliphatic carbocycles. The smallest absolute Gasteiger partial charge is 0.347 e. The molecule has 1 aromatic carbocycles. The van der Waals surface area contributed by atoms with Crippen LogP contribution in [0.5, 0.6) is 0 Å². The molecule has 1 N–H and O–H groups in total. The SMILES string of the molecule is O=C(NCc1cccs1)c1cccnc1SCCSc1cccc(C(F)(F)F)c1. The van der Waals surface area contributed by atoms with Crippen molar-refractivity contribution in [3.05, 3.63) is 76.1 Å². The summed E-state index contributed by atoms with van der Waals surface area (Å²) < 4.78 is 38.4. The minimum absolute atomic E-state index is 0.195. The summed E-state index contributed by atoms with van der Waals surface area (Å²) in [7, 11) is 0. The van der Waals surface area contributed by atoms with Crippen molar-refractivity contribution in [3.8, 4) is 0 Å². The normalized spacial score (nSPS) is 11.4. The summed E-state index contributed by atoms with van der Waals surface area (Å²) in [6.45, 7) is 0.459. The topological polar surface area (TPSA) is 42.0 Å². The average Bonchev–Trinajstić information content (AvgIpc) is 3.23. The Hall–Kier alpha value is -1.97. The molecule has 9 heteroatoms. The van der Waals surface area contributed by atoms with E-state index in [1.807, 2.05) is 17.5 Å². The van der Waals surface area contributed by atoms with Gasteiger partial charge in [-0.3, -0.25) is 4.79 Å². The van der Waals surface area contributed by atoms with Crippen LogP contribution in [-0.4, -0.2) is 22.4 Å². The summed E-state index contributed by atoms with van der Waals surface area (Å²) in [6, 6.07) is 12.6. The van der Waals surface area contributed by atoms with Crippen LogP contribution in [0.1, 0.15) is 20.8 Å². The molecule has 0 unspecified atom stereocenters. The predicted molar refractivity (Wildman–Crippen MR) is 113 cm³/mol. The molecule has 152 valence electrons. The zero-order chi connectivity index (χ0) is 20.7. The highest BCUT2D eigenvalue weighted by Gasteiger charge is 2.30. The third-order valence-corrected chi connectivity index (χ3v) is 6.91. The molecule has 0 spiro atoms. The maximum absolute atomic E-state index is 12.8. The number of aromatic nitrogens is 1. The van der Waals surface area contributed by atoms with Crippen molar-refractivity contribution in [2.24, 2.45) is 0 Å². The van der Waals surface area contributed by atoms with E-state index >= 15 is 0 Å². The van der Waals surface area contributed by atoms with Gasteiger partial charge in [-0.2, -0.15) is 13.2 Å². The van der Waals surface area contributed by atoms with Gasteiger partial charge in [0.2, 0.25) is 0 Å². The molecule has 3 aromatic rings. The molecule has 1 amide bonds. The number of thioether (sulfide) groups is 2. The lowest BCUT2D eigenvalue weighted by atomic mass is 10.2. The number of halogens is 3. The van der Waals surface area contributed by atoms with Crippen LogP contribution in [-0.2, 0) is 12.7 Å². The molecule has 0 atom stereocenters. The first-order valence-corrected chi connectivity index (χ1v) is 11.5. The second-order valence-electron chi connectivity index (χ2n) is 5.84. The van der Waals surface area contributed by atoms with Crippen molar-refractivity contribution in [2.75, 3.05) is 11.5 Å². The summed E-state index contributed by atoms with van der Waals surface area (Å²) in [5.74, 6) is 1.02. The highest BCUT2D eigenvalue weighted by atomic mass is 32.2. The van der Waals surface area contributed by atoms with Gasteiger partial charge in [0.25, 0.3) is 5.91 Å². The van der Waals surface area contributed by atoms with Gasteiger partial charge in [-0.1, -0.05) is 12.1 Å². The molecule has 29 heavy (non-hydrogen) atoms. The maximum atomic E-state index is 12.8. The first-order chi connectivity index (χ1) is 13.9. The van der Waals surface area contributed by atoms with Crippen molar-refractivity contribution in [2.45, 2.75) is 22.6 Å². The summed E-state index contributed by atoms with van der Waals surface area (Å²) in [5.41, 5.74) is -0.150. The molecule has 2 heterocycles. The average molecular weight is 455 g/mol. The Kier molecular flexibility index (Phi) is 7.63. The van der Waals surface area contributed by atoms with E-state index in [1.165, 1.54) is 29.6 Å². The minimum atomic E-state index is -4.34. The van der Waals surface area contributed by atoms with E-state index in [0.717, 1.165) is 17.0 Å². The van der Waals surface area contributed by atoms with E-state index in [1.54, 1.807) is 35.7 Å². The van der Waals surface area contributed by atoms with Crippen LogP contribution < -0.4 is 5.32 Å². The van der Waals surface area contributed by atoms with E-state index in [9.17, 15) is 18.0 Å². The van der Waals surface area contributed by atoms with Crippen LogP contribution in [0, 0.1) is 0 Å². The van der Waals surface area contributed by atoms with Crippen LogP contribution in [0.3, 0.4) is 0 Å². The van der Waals surface area contributed by atoms with E-state index in [0.29, 0.717) is 33.5 Å². The fourth-order valence-corrected chi connectivity index (χ4v) is 4.99. The van der Waals surface area contributed by atoms with Crippen molar-refractivity contribution >= 4 is 40.8 Å². The van der Waals surface area contributed by atoms with Crippen LogP contribution in [0.25, 0.3) is 0 Å². The molecule has 0 fully saturated rings. The van der Waals surface area contributed by atoms with Crippen molar-refractivity contribution in [3.63, 3.8) is 0 Å². The lowest BCUT2D eigenvalue weighted by molar-refractivity contribution is -0.137. The first-order valence-electron chi connectivity index (χ1n) is 8.62. The highest BCUT2D eigenvalue weighted by molar-refractivity contribution is 8.03. The zero-order valence-electron chi connectivity index (χ0n) is 15.1. The number of nitrogens with zero attached hydrogens (tertiary/aromatic N) is 1. The van der Waals surface area contributed by atoms with Crippen LogP contribution in [0.2, 0.25) is 0 Å². The molecule has 3 rings (SSSR count). The Balaban J connectivity index is 1.53. The Morgan fingerprint density at radius 1 is 1.07 bits per heavy atom. The van der Waals surface area contributed by atoms with Crippen molar-refractivity contribution in [1.82, 2.24) is 10.3 Å². The number of hydrogen-bond acceptors (Lipinski definition) is 5. The maximum Gasteiger partial charge on any atom is 0.416 e. The molecule has 0 saturated carbocycles. The van der Waals surface area contributed by atoms with Crippen LogP contribution in [0.15, 0.2) is 70.0 Å². The second kappa shape index (κ2) is 10.2. The Bertz CT molecular complexity index is 946. The molecule has 0 radical (unpaired) electrons. The molecule has 0 bridgehead atoms. The third-order valence-electron chi connectivity index (χ3n) is 3.77. The second-order valence-corrected chi connectivity index (χ2v) is 9.12. The van der Waals surface area contributed by atoms with Gasteiger partial charge >= 0.3 is 6.18 Å². The number of carbonyl (C=O) groups excluding carboxylic acids is 1. The lowest BCUT2D eigenvalue weighted by Gasteiger charge is -2.09. The largest absolute Gasteiger partial charge is 0.416 e. The van der Waals surface area contributed by atoms with Crippen LogP contribution in [0.4, 0.5) is 13.2 Å². The third kappa shape index (κ3) is 6.52. The van der Waals surface area contributed by atoms with E-state index in [-0.39, 0.29) is 5.91 Å². The van der Waals surface area contributed by atoms with E-state index in [2.05, 4.69) is 10.3 Å². The summed E-state index contributed by atoms with van der Waals surface area (Å²) in [6.07, 6.45) is -2.72. The minimum Gasteiger partial charge on any atom is -0.347 e. The molecule has 0 aliphatic rings. The fourth-order valence-electron chi connectivity index (χ4n) is 2.41. The van der Waals surface area contributed by atoms with Gasteiger partial charge in [-0.15, -0.1) is 34.9 Å². The standard InChI is InChI=1S/C20H17F3N2OS3/c21-20(22,23)14-4-1-5-15(12-14)28-10-11-29-19-17(7-2-8-24-19)18(26)25-13-16-6-3-9-27-16/h1-9,12H,10-11,13H2,(H,25,26). The number of amides is 1. The number of nitrogens with one attached hydrogen (secondary N) is 1. The number of carbonyl (C=O) groups is 1. The fraction of sp³-hybridized carbons (Fsp3) is 0.200. The zero-order valence-corrected chi connectivity index (χ0v) is 17.6. The van der Waals surface area contributed by atoms with E-state index in [4.69, 9.17) is 0 Å². The summed E-state index contributed by atoms with van der Waals surface area (Å²) >= 11 is 4.33. The number of pyridine rings is 1. The number of thiophene rings is 1. The van der Waals surface area contributed by atoms with Gasteiger partial charge < -0.3 is 5.32 Å². The molecule has 2 aromatic heterocycles. The lowest BCUT2D eigenvalue weighted by Crippen LogP contribution is -2.23. The number of benzene rings is 1. The van der Waals surface area contributed by atoms with Gasteiger partial charge in [0.15, 0.2) is 0 Å².